The molecule has 0 aliphatic heterocycles. The largest absolute Gasteiger partial charge is 0.324 e. The Kier molecular flexibility index (Phi) is 5.48. The molecule has 0 spiro atoms. The van der Waals surface area contributed by atoms with Crippen LogP contribution in [0, 0.1) is 13.8 Å². The van der Waals surface area contributed by atoms with Crippen LogP contribution in [0.2, 0.25) is 0 Å². The van der Waals surface area contributed by atoms with Gasteiger partial charge in [0.15, 0.2) is 0 Å². The molecule has 0 bridgehead atoms. The molecule has 1 atom stereocenters. The van der Waals surface area contributed by atoms with Crippen LogP contribution in [0.15, 0.2) is 51.8 Å². The van der Waals surface area contributed by atoms with Crippen LogP contribution in [0.1, 0.15) is 18.1 Å². The smallest absolute Gasteiger partial charge is 0.237 e. The number of aryl methyl sites for hydroxylation is 2. The highest BCUT2D eigenvalue weighted by Gasteiger charge is 2.15. The molecule has 0 heterocycles. The van der Waals surface area contributed by atoms with E-state index in [0.29, 0.717) is 0 Å². The van der Waals surface area contributed by atoms with E-state index in [1.807, 2.05) is 44.2 Å². The zero-order valence-corrected chi connectivity index (χ0v) is 14.7. The molecule has 2 rings (SSSR count). The van der Waals surface area contributed by atoms with E-state index in [2.05, 4.69) is 40.3 Å². The lowest BCUT2D eigenvalue weighted by atomic mass is 10.2. The van der Waals surface area contributed by atoms with E-state index in [1.54, 1.807) is 11.8 Å². The molecular formula is C17H18BrNOS. The monoisotopic (exact) mass is 363 g/mol. The first-order valence-corrected chi connectivity index (χ1v) is 8.43. The van der Waals surface area contributed by atoms with Crippen molar-refractivity contribution in [3.63, 3.8) is 0 Å². The van der Waals surface area contributed by atoms with Gasteiger partial charge < -0.3 is 5.32 Å². The van der Waals surface area contributed by atoms with Gasteiger partial charge in [-0.25, -0.2) is 0 Å². The number of anilines is 1. The maximum atomic E-state index is 12.3. The SMILES string of the molecule is Cc1ccc(SC(C)C(=O)Nc2ccc(C)cc2Br)cc1. The van der Waals surface area contributed by atoms with E-state index < -0.39 is 0 Å². The quantitative estimate of drug-likeness (QED) is 0.757. The fraction of sp³-hybridized carbons (Fsp3) is 0.235. The second-order valence-electron chi connectivity index (χ2n) is 5.05. The number of benzene rings is 2. The first-order valence-electron chi connectivity index (χ1n) is 6.76. The lowest BCUT2D eigenvalue weighted by Gasteiger charge is -2.13. The van der Waals surface area contributed by atoms with Gasteiger partial charge in [0, 0.05) is 9.37 Å². The van der Waals surface area contributed by atoms with Crippen molar-refractivity contribution in [1.82, 2.24) is 0 Å². The van der Waals surface area contributed by atoms with Crippen molar-refractivity contribution in [2.24, 2.45) is 0 Å². The topological polar surface area (TPSA) is 29.1 Å². The molecule has 2 nitrogen and oxygen atoms in total. The van der Waals surface area contributed by atoms with Gasteiger partial charge in [-0.2, -0.15) is 0 Å². The molecule has 21 heavy (non-hydrogen) atoms. The Labute approximate surface area is 138 Å². The number of hydrogen-bond donors (Lipinski definition) is 1. The molecule has 0 aliphatic rings. The van der Waals surface area contributed by atoms with Gasteiger partial charge in [0.25, 0.3) is 0 Å². The van der Waals surface area contributed by atoms with Crippen LogP contribution in [0.3, 0.4) is 0 Å². The molecule has 0 saturated carbocycles. The number of nitrogens with one attached hydrogen (secondary N) is 1. The Morgan fingerprint density at radius 2 is 1.71 bits per heavy atom. The second-order valence-corrected chi connectivity index (χ2v) is 7.31. The number of carbonyl (C=O) groups excluding carboxylic acids is 1. The van der Waals surface area contributed by atoms with Gasteiger partial charge in [-0.05, 0) is 66.5 Å². The third kappa shape index (κ3) is 4.61. The maximum Gasteiger partial charge on any atom is 0.237 e. The van der Waals surface area contributed by atoms with Crippen molar-refractivity contribution < 1.29 is 4.79 Å². The Hall–Kier alpha value is -1.26. The minimum atomic E-state index is -0.152. The Morgan fingerprint density at radius 3 is 2.33 bits per heavy atom. The summed E-state index contributed by atoms with van der Waals surface area (Å²) in [4.78, 5) is 13.4. The molecule has 4 heteroatoms. The maximum absolute atomic E-state index is 12.3. The van der Waals surface area contributed by atoms with Crippen LogP contribution in [0.25, 0.3) is 0 Å². The fourth-order valence-corrected chi connectivity index (χ4v) is 3.29. The average molecular weight is 364 g/mol. The van der Waals surface area contributed by atoms with Crippen LogP contribution in [0.4, 0.5) is 5.69 Å². The molecule has 1 unspecified atom stereocenters. The number of halogens is 1. The van der Waals surface area contributed by atoms with Gasteiger partial charge in [0.1, 0.15) is 0 Å². The summed E-state index contributed by atoms with van der Waals surface area (Å²) < 4.78 is 0.906. The van der Waals surface area contributed by atoms with Crippen molar-refractivity contribution in [3.05, 3.63) is 58.1 Å². The average Bonchev–Trinajstić information content (AvgIpc) is 2.44. The van der Waals surface area contributed by atoms with Crippen molar-refractivity contribution in [3.8, 4) is 0 Å². The number of carbonyl (C=O) groups is 1. The molecule has 0 saturated heterocycles. The molecule has 0 aliphatic carbocycles. The van der Waals surface area contributed by atoms with E-state index in [-0.39, 0.29) is 11.2 Å². The lowest BCUT2D eigenvalue weighted by Crippen LogP contribution is -2.22. The summed E-state index contributed by atoms with van der Waals surface area (Å²) in [6, 6.07) is 14.1. The standard InChI is InChI=1S/C17H18BrNOS/c1-11-4-7-14(8-5-11)21-13(3)17(20)19-16-9-6-12(2)10-15(16)18/h4-10,13H,1-3H3,(H,19,20). The molecule has 2 aromatic carbocycles. The molecule has 0 fully saturated rings. The normalized spacial score (nSPS) is 12.0. The van der Waals surface area contributed by atoms with Gasteiger partial charge in [0.2, 0.25) is 5.91 Å². The zero-order chi connectivity index (χ0) is 15.4. The van der Waals surface area contributed by atoms with Crippen LogP contribution < -0.4 is 5.32 Å². The van der Waals surface area contributed by atoms with Gasteiger partial charge >= 0.3 is 0 Å². The van der Waals surface area contributed by atoms with Crippen molar-refractivity contribution in [1.29, 1.82) is 0 Å². The number of hydrogen-bond acceptors (Lipinski definition) is 2. The van der Waals surface area contributed by atoms with Crippen molar-refractivity contribution in [2.75, 3.05) is 5.32 Å². The first kappa shape index (κ1) is 16.1. The van der Waals surface area contributed by atoms with Gasteiger partial charge in [-0.3, -0.25) is 4.79 Å². The van der Waals surface area contributed by atoms with Crippen LogP contribution in [0.5, 0.6) is 0 Å². The summed E-state index contributed by atoms with van der Waals surface area (Å²) in [5.41, 5.74) is 3.18. The van der Waals surface area contributed by atoms with Crippen LogP contribution >= 0.6 is 27.7 Å². The third-order valence-electron chi connectivity index (χ3n) is 3.09. The van der Waals surface area contributed by atoms with Crippen LogP contribution in [-0.4, -0.2) is 11.2 Å². The molecule has 1 amide bonds. The van der Waals surface area contributed by atoms with E-state index in [1.165, 1.54) is 5.56 Å². The lowest BCUT2D eigenvalue weighted by molar-refractivity contribution is -0.115. The highest BCUT2D eigenvalue weighted by atomic mass is 79.9. The summed E-state index contributed by atoms with van der Waals surface area (Å²) >= 11 is 5.04. The Bertz CT molecular complexity index is 640. The summed E-state index contributed by atoms with van der Waals surface area (Å²) in [6.45, 7) is 5.99. The minimum Gasteiger partial charge on any atom is -0.324 e. The summed E-state index contributed by atoms with van der Waals surface area (Å²) in [6.07, 6.45) is 0. The minimum absolute atomic E-state index is 0.00475. The fourth-order valence-electron chi connectivity index (χ4n) is 1.83. The van der Waals surface area contributed by atoms with Gasteiger partial charge in [-0.15, -0.1) is 11.8 Å². The van der Waals surface area contributed by atoms with E-state index in [4.69, 9.17) is 0 Å². The summed E-state index contributed by atoms with van der Waals surface area (Å²) in [5, 5.41) is 2.81. The predicted octanol–water partition coefficient (Wildman–Crippen LogP) is 5.19. The first-order chi connectivity index (χ1) is 9.95. The van der Waals surface area contributed by atoms with E-state index >= 15 is 0 Å². The number of rotatable bonds is 4. The van der Waals surface area contributed by atoms with Gasteiger partial charge in [0.05, 0.1) is 10.9 Å². The molecule has 2 aromatic rings. The molecule has 0 radical (unpaired) electrons. The highest BCUT2D eigenvalue weighted by Crippen LogP contribution is 2.27. The van der Waals surface area contributed by atoms with E-state index in [0.717, 1.165) is 20.6 Å². The molecule has 110 valence electrons. The predicted molar refractivity (Wildman–Crippen MR) is 94.0 cm³/mol. The summed E-state index contributed by atoms with van der Waals surface area (Å²) in [7, 11) is 0. The zero-order valence-electron chi connectivity index (χ0n) is 12.3. The van der Waals surface area contributed by atoms with Crippen molar-refractivity contribution in [2.45, 2.75) is 30.9 Å². The van der Waals surface area contributed by atoms with E-state index in [9.17, 15) is 4.79 Å². The van der Waals surface area contributed by atoms with Gasteiger partial charge in [-0.1, -0.05) is 23.8 Å². The second kappa shape index (κ2) is 7.14. The summed E-state index contributed by atoms with van der Waals surface area (Å²) in [5.74, 6) is 0.00475. The molecular weight excluding hydrogens is 346 g/mol. The van der Waals surface area contributed by atoms with Crippen molar-refractivity contribution >= 4 is 39.3 Å². The molecule has 1 N–H and O–H groups in total. The number of thioether (sulfide) groups is 1. The van der Waals surface area contributed by atoms with Crippen LogP contribution in [-0.2, 0) is 4.79 Å². The Morgan fingerprint density at radius 1 is 1.10 bits per heavy atom. The Balaban J connectivity index is 2.00. The third-order valence-corrected chi connectivity index (χ3v) is 4.85. The highest BCUT2D eigenvalue weighted by molar-refractivity contribution is 9.10. The number of amides is 1. The molecule has 0 aromatic heterocycles.